The fraction of sp³-hybridized carbons (Fsp3) is 0.105. The van der Waals surface area contributed by atoms with Crippen LogP contribution in [0, 0.1) is 10.1 Å². The number of rotatable bonds is 8. The molecular weight excluding hydrogens is 448 g/mol. The molecule has 0 radical (unpaired) electrons. The fourth-order valence-corrected chi connectivity index (χ4v) is 3.42. The number of aliphatic carboxylic acids is 1. The van der Waals surface area contributed by atoms with Crippen LogP contribution in [0.25, 0.3) is 17.5 Å². The number of aromatic nitrogens is 3. The molecule has 10 nitrogen and oxygen atoms in total. The van der Waals surface area contributed by atoms with Crippen LogP contribution < -0.4 is 9.47 Å². The quantitative estimate of drug-likeness (QED) is 0.217. The number of benzene rings is 2. The Morgan fingerprint density at radius 3 is 2.55 bits per heavy atom. The number of H-pyrrole nitrogens is 1. The summed E-state index contributed by atoms with van der Waals surface area (Å²) in [7, 11) is 2.68. The fourth-order valence-electron chi connectivity index (χ4n) is 2.59. The van der Waals surface area contributed by atoms with E-state index in [1.807, 2.05) is 0 Å². The maximum atomic E-state index is 11.8. The van der Waals surface area contributed by atoms with Crippen molar-refractivity contribution >= 4 is 41.1 Å². The Kier molecular flexibility index (Phi) is 6.78. The number of nitrogens with zero attached hydrogens (tertiary/aromatic N) is 3. The number of ether oxygens (including phenoxy) is 2. The average molecular weight is 463 g/mol. The third-order valence-electron chi connectivity index (χ3n) is 3.98. The van der Waals surface area contributed by atoms with Crippen molar-refractivity contribution in [2.24, 2.45) is 0 Å². The van der Waals surface area contributed by atoms with Crippen molar-refractivity contribution in [2.75, 3.05) is 14.2 Å². The molecule has 3 rings (SSSR count). The van der Waals surface area contributed by atoms with Gasteiger partial charge in [0.15, 0.2) is 17.3 Å². The Bertz CT molecular complexity index is 1160. The Balaban J connectivity index is 1.98. The number of nitrogens with one attached hydrogen (secondary N) is 1. The number of hydrogen-bond acceptors (Lipinski definition) is 8. The summed E-state index contributed by atoms with van der Waals surface area (Å²) in [5.74, 6) is -0.584. The first-order valence-electron chi connectivity index (χ1n) is 8.54. The molecule has 0 saturated heterocycles. The van der Waals surface area contributed by atoms with E-state index < -0.39 is 10.9 Å². The minimum Gasteiger partial charge on any atom is -0.493 e. The normalized spacial score (nSPS) is 11.3. The number of methoxy groups -OCH3 is 2. The van der Waals surface area contributed by atoms with Crippen molar-refractivity contribution in [3.05, 3.63) is 62.0 Å². The van der Waals surface area contributed by atoms with Crippen LogP contribution in [0.5, 0.6) is 11.5 Å². The summed E-state index contributed by atoms with van der Waals surface area (Å²) in [6.07, 6.45) is 1.24. The Labute approximate surface area is 185 Å². The lowest BCUT2D eigenvalue weighted by Crippen LogP contribution is -2.00. The smallest absolute Gasteiger partial charge is 0.342 e. The minimum absolute atomic E-state index is 0.0978. The molecule has 0 atom stereocenters. The highest BCUT2D eigenvalue weighted by molar-refractivity contribution is 8.04. The van der Waals surface area contributed by atoms with Gasteiger partial charge in [0.25, 0.3) is 5.69 Å². The van der Waals surface area contributed by atoms with E-state index in [-0.39, 0.29) is 32.8 Å². The van der Waals surface area contributed by atoms with Crippen LogP contribution in [0.2, 0.25) is 5.02 Å². The number of carbonyl (C=O) groups is 1. The van der Waals surface area contributed by atoms with Gasteiger partial charge >= 0.3 is 5.97 Å². The topological polar surface area (TPSA) is 140 Å². The standard InChI is InChI=1S/C19H15ClN4O6S/c1-29-14-9-13(24(27)28)7-11(16(14)30-2)8-15(18(25)26)31-19-21-17(22-23-19)10-3-5-12(20)6-4-10/h3-9H,1-2H3,(H,25,26)(H,21,22,23)/b15-8+. The van der Waals surface area contributed by atoms with Crippen molar-refractivity contribution in [3.8, 4) is 22.9 Å². The number of carboxylic acid groups (broad SMARTS) is 1. The van der Waals surface area contributed by atoms with Crippen LogP contribution >= 0.6 is 23.4 Å². The van der Waals surface area contributed by atoms with Crippen molar-refractivity contribution < 1.29 is 24.3 Å². The Hall–Kier alpha value is -3.57. The van der Waals surface area contributed by atoms with E-state index >= 15 is 0 Å². The van der Waals surface area contributed by atoms with Gasteiger partial charge in [-0.15, -0.1) is 5.10 Å². The van der Waals surface area contributed by atoms with E-state index in [1.54, 1.807) is 24.3 Å². The molecule has 0 amide bonds. The second-order valence-electron chi connectivity index (χ2n) is 5.92. The molecule has 0 aliphatic heterocycles. The van der Waals surface area contributed by atoms with Gasteiger partial charge in [0.2, 0.25) is 5.16 Å². The van der Waals surface area contributed by atoms with E-state index in [9.17, 15) is 20.0 Å². The van der Waals surface area contributed by atoms with Gasteiger partial charge in [0.05, 0.1) is 25.2 Å². The van der Waals surface area contributed by atoms with Gasteiger partial charge in [-0.25, -0.2) is 9.78 Å². The molecule has 0 bridgehead atoms. The van der Waals surface area contributed by atoms with E-state index in [1.165, 1.54) is 32.4 Å². The zero-order valence-corrected chi connectivity index (χ0v) is 17.7. The van der Waals surface area contributed by atoms with Gasteiger partial charge in [0.1, 0.15) is 4.91 Å². The number of hydrogen-bond donors (Lipinski definition) is 2. The first-order chi connectivity index (χ1) is 14.8. The van der Waals surface area contributed by atoms with Gasteiger partial charge in [-0.2, -0.15) is 0 Å². The Morgan fingerprint density at radius 1 is 1.26 bits per heavy atom. The van der Waals surface area contributed by atoms with Gasteiger partial charge < -0.3 is 14.6 Å². The van der Waals surface area contributed by atoms with Crippen LogP contribution in [0.15, 0.2) is 46.5 Å². The maximum Gasteiger partial charge on any atom is 0.342 e. The second kappa shape index (κ2) is 9.49. The molecule has 2 aromatic carbocycles. The molecule has 31 heavy (non-hydrogen) atoms. The first-order valence-corrected chi connectivity index (χ1v) is 9.73. The molecule has 0 aliphatic rings. The summed E-state index contributed by atoms with van der Waals surface area (Å²) >= 11 is 6.65. The maximum absolute atomic E-state index is 11.8. The number of non-ortho nitro benzene ring substituents is 1. The number of halogens is 1. The SMILES string of the molecule is COc1cc([N+](=O)[O-])cc(/C=C(/Sc2n[nH]c(-c3ccc(Cl)cc3)n2)C(=O)O)c1OC. The summed E-state index contributed by atoms with van der Waals surface area (Å²) in [4.78, 5) is 26.5. The van der Waals surface area contributed by atoms with Gasteiger partial charge in [-0.05, 0) is 42.1 Å². The third-order valence-corrected chi connectivity index (χ3v) is 5.11. The number of carboxylic acids is 1. The molecule has 1 aromatic heterocycles. The zero-order valence-electron chi connectivity index (χ0n) is 16.2. The number of thioether (sulfide) groups is 1. The lowest BCUT2D eigenvalue weighted by Gasteiger charge is -2.11. The predicted octanol–water partition coefficient (Wildman–Crippen LogP) is 4.27. The lowest BCUT2D eigenvalue weighted by atomic mass is 10.1. The lowest BCUT2D eigenvalue weighted by molar-refractivity contribution is -0.385. The number of nitro groups is 1. The van der Waals surface area contributed by atoms with Crippen LogP contribution in [0.4, 0.5) is 5.69 Å². The predicted molar refractivity (Wildman–Crippen MR) is 114 cm³/mol. The van der Waals surface area contributed by atoms with Gasteiger partial charge in [-0.1, -0.05) is 11.6 Å². The zero-order chi connectivity index (χ0) is 22.5. The average Bonchev–Trinajstić information content (AvgIpc) is 3.21. The molecule has 0 saturated carbocycles. The third kappa shape index (κ3) is 5.13. The van der Waals surface area contributed by atoms with Crippen LogP contribution in [0.3, 0.4) is 0 Å². The molecule has 1 heterocycles. The number of nitro benzene ring substituents is 1. The van der Waals surface area contributed by atoms with Crippen molar-refractivity contribution in [1.29, 1.82) is 0 Å². The monoisotopic (exact) mass is 462 g/mol. The highest BCUT2D eigenvalue weighted by Crippen LogP contribution is 2.38. The second-order valence-corrected chi connectivity index (χ2v) is 7.36. The minimum atomic E-state index is -1.27. The molecule has 2 N–H and O–H groups in total. The van der Waals surface area contributed by atoms with E-state index in [4.69, 9.17) is 21.1 Å². The molecule has 0 spiro atoms. The summed E-state index contributed by atoms with van der Waals surface area (Å²) < 4.78 is 10.4. The molecular formula is C19H15ClN4O6S. The van der Waals surface area contributed by atoms with Crippen molar-refractivity contribution in [3.63, 3.8) is 0 Å². The first kappa shape index (κ1) is 22.1. The molecule has 12 heteroatoms. The molecule has 0 fully saturated rings. The van der Waals surface area contributed by atoms with E-state index in [2.05, 4.69) is 15.2 Å². The highest BCUT2D eigenvalue weighted by atomic mass is 35.5. The highest BCUT2D eigenvalue weighted by Gasteiger charge is 2.20. The largest absolute Gasteiger partial charge is 0.493 e. The molecule has 3 aromatic rings. The molecule has 160 valence electrons. The van der Waals surface area contributed by atoms with E-state index in [0.717, 1.165) is 17.3 Å². The van der Waals surface area contributed by atoms with Crippen molar-refractivity contribution in [1.82, 2.24) is 15.2 Å². The van der Waals surface area contributed by atoms with Gasteiger partial charge in [0, 0.05) is 22.2 Å². The number of aromatic amines is 1. The Morgan fingerprint density at radius 2 is 1.97 bits per heavy atom. The van der Waals surface area contributed by atoms with Crippen molar-refractivity contribution in [2.45, 2.75) is 5.16 Å². The van der Waals surface area contributed by atoms with Gasteiger partial charge in [-0.3, -0.25) is 15.2 Å². The summed E-state index contributed by atoms with van der Waals surface area (Å²) in [5.41, 5.74) is 0.600. The van der Waals surface area contributed by atoms with Crippen LogP contribution in [-0.4, -0.2) is 45.4 Å². The van der Waals surface area contributed by atoms with E-state index in [0.29, 0.717) is 10.8 Å². The summed E-state index contributed by atoms with van der Waals surface area (Å²) in [6, 6.07) is 9.25. The summed E-state index contributed by atoms with van der Waals surface area (Å²) in [5, 5.41) is 28.3. The van der Waals surface area contributed by atoms with Crippen LogP contribution in [-0.2, 0) is 4.79 Å². The molecule has 0 aliphatic carbocycles. The summed E-state index contributed by atoms with van der Waals surface area (Å²) in [6.45, 7) is 0. The molecule has 0 unspecified atom stereocenters. The van der Waals surface area contributed by atoms with Crippen LogP contribution in [0.1, 0.15) is 5.56 Å².